The van der Waals surface area contributed by atoms with Gasteiger partial charge in [0.1, 0.15) is 0 Å². The second-order valence-electron chi connectivity index (χ2n) is 7.55. The number of likely N-dealkylation sites (tertiary alicyclic amines) is 1. The summed E-state index contributed by atoms with van der Waals surface area (Å²) in [6.45, 7) is 11.2. The van der Waals surface area contributed by atoms with Gasteiger partial charge in [0.15, 0.2) is 0 Å². The first-order valence-corrected chi connectivity index (χ1v) is 9.17. The third kappa shape index (κ3) is 5.04. The Morgan fingerprint density at radius 3 is 2.30 bits per heavy atom. The molecule has 2 nitrogen and oxygen atoms in total. The van der Waals surface area contributed by atoms with E-state index in [9.17, 15) is 0 Å². The second kappa shape index (κ2) is 8.38. The van der Waals surface area contributed by atoms with E-state index < -0.39 is 0 Å². The molecule has 0 atom stereocenters. The van der Waals surface area contributed by atoms with Crippen LogP contribution in [0.25, 0.3) is 0 Å². The van der Waals surface area contributed by atoms with Crippen LogP contribution in [-0.2, 0) is 0 Å². The summed E-state index contributed by atoms with van der Waals surface area (Å²) in [5.41, 5.74) is 0.575. The molecule has 0 aromatic heterocycles. The fraction of sp³-hybridized carbons (Fsp3) is 1.00. The van der Waals surface area contributed by atoms with Crippen molar-refractivity contribution in [3.05, 3.63) is 0 Å². The topological polar surface area (TPSA) is 15.3 Å². The zero-order valence-electron chi connectivity index (χ0n) is 13.9. The van der Waals surface area contributed by atoms with Crippen LogP contribution in [0.5, 0.6) is 0 Å². The maximum absolute atomic E-state index is 3.74. The van der Waals surface area contributed by atoms with Crippen LogP contribution in [-0.4, -0.2) is 37.6 Å². The maximum Gasteiger partial charge on any atom is 0.00501 e. The molecule has 2 fully saturated rings. The van der Waals surface area contributed by atoms with Gasteiger partial charge in [-0.15, -0.1) is 0 Å². The number of nitrogens with zero attached hydrogens (tertiary/aromatic N) is 1. The molecule has 0 unspecified atom stereocenters. The van der Waals surface area contributed by atoms with E-state index in [-0.39, 0.29) is 0 Å². The SMILES string of the molecule is CCCNCC1(CN2CCCCCC2)CCC(C)CC1. The van der Waals surface area contributed by atoms with E-state index in [0.717, 1.165) is 5.92 Å². The summed E-state index contributed by atoms with van der Waals surface area (Å²) in [7, 11) is 0. The van der Waals surface area contributed by atoms with Gasteiger partial charge in [-0.05, 0) is 63.1 Å². The van der Waals surface area contributed by atoms with Crippen LogP contribution < -0.4 is 5.32 Å². The van der Waals surface area contributed by atoms with Crippen LogP contribution in [0, 0.1) is 11.3 Å². The van der Waals surface area contributed by atoms with Crippen LogP contribution >= 0.6 is 0 Å². The lowest BCUT2D eigenvalue weighted by Crippen LogP contribution is -2.46. The third-order valence-electron chi connectivity index (χ3n) is 5.52. The summed E-state index contributed by atoms with van der Waals surface area (Å²) >= 11 is 0. The van der Waals surface area contributed by atoms with Gasteiger partial charge >= 0.3 is 0 Å². The minimum atomic E-state index is 0.575. The number of hydrogen-bond acceptors (Lipinski definition) is 2. The van der Waals surface area contributed by atoms with Crippen molar-refractivity contribution in [1.29, 1.82) is 0 Å². The number of rotatable bonds is 6. The van der Waals surface area contributed by atoms with E-state index in [2.05, 4.69) is 24.1 Å². The molecule has 2 heteroatoms. The van der Waals surface area contributed by atoms with E-state index in [1.165, 1.54) is 90.5 Å². The van der Waals surface area contributed by atoms with Crippen LogP contribution in [0.4, 0.5) is 0 Å². The molecule has 0 aromatic carbocycles. The minimum absolute atomic E-state index is 0.575. The van der Waals surface area contributed by atoms with E-state index in [4.69, 9.17) is 0 Å². The van der Waals surface area contributed by atoms with Gasteiger partial charge < -0.3 is 10.2 Å². The Morgan fingerprint density at radius 2 is 1.70 bits per heavy atom. The van der Waals surface area contributed by atoms with Gasteiger partial charge in [-0.25, -0.2) is 0 Å². The van der Waals surface area contributed by atoms with Gasteiger partial charge in [-0.3, -0.25) is 0 Å². The monoisotopic (exact) mass is 280 g/mol. The lowest BCUT2D eigenvalue weighted by atomic mass is 9.70. The molecular formula is C18H36N2. The first kappa shape index (κ1) is 16.3. The zero-order chi connectivity index (χ0) is 14.3. The molecule has 2 aliphatic rings. The fourth-order valence-electron chi connectivity index (χ4n) is 4.06. The van der Waals surface area contributed by atoms with Gasteiger partial charge in [0.25, 0.3) is 0 Å². The molecule has 1 saturated heterocycles. The molecule has 0 aromatic rings. The molecule has 118 valence electrons. The van der Waals surface area contributed by atoms with Gasteiger partial charge in [-0.1, -0.05) is 39.5 Å². The molecule has 1 heterocycles. The van der Waals surface area contributed by atoms with Gasteiger partial charge in [0.05, 0.1) is 0 Å². The summed E-state index contributed by atoms with van der Waals surface area (Å²) < 4.78 is 0. The number of nitrogens with one attached hydrogen (secondary N) is 1. The van der Waals surface area contributed by atoms with E-state index in [1.54, 1.807) is 0 Å². The summed E-state index contributed by atoms with van der Waals surface area (Å²) in [4.78, 5) is 2.79. The fourth-order valence-corrected chi connectivity index (χ4v) is 4.06. The highest BCUT2D eigenvalue weighted by Crippen LogP contribution is 2.39. The lowest BCUT2D eigenvalue weighted by molar-refractivity contribution is 0.0881. The quantitative estimate of drug-likeness (QED) is 0.738. The highest BCUT2D eigenvalue weighted by Gasteiger charge is 2.35. The Bertz CT molecular complexity index is 248. The summed E-state index contributed by atoms with van der Waals surface area (Å²) in [5, 5.41) is 3.74. The summed E-state index contributed by atoms with van der Waals surface area (Å²) in [6, 6.07) is 0. The average molecular weight is 280 g/mol. The Labute approximate surface area is 126 Å². The van der Waals surface area contributed by atoms with Crippen molar-refractivity contribution in [3.8, 4) is 0 Å². The van der Waals surface area contributed by atoms with Gasteiger partial charge in [-0.2, -0.15) is 0 Å². The molecule has 0 radical (unpaired) electrons. The van der Waals surface area contributed by atoms with Crippen molar-refractivity contribution >= 4 is 0 Å². The molecule has 20 heavy (non-hydrogen) atoms. The minimum Gasteiger partial charge on any atom is -0.316 e. The Balaban J connectivity index is 1.90. The molecule has 0 bridgehead atoms. The normalized spacial score (nSPS) is 33.0. The molecular weight excluding hydrogens is 244 g/mol. The van der Waals surface area contributed by atoms with Crippen molar-refractivity contribution < 1.29 is 0 Å². The molecule has 1 N–H and O–H groups in total. The van der Waals surface area contributed by atoms with Crippen LogP contribution in [0.15, 0.2) is 0 Å². The molecule has 2 rings (SSSR count). The summed E-state index contributed by atoms with van der Waals surface area (Å²) in [6.07, 6.45) is 12.8. The van der Waals surface area contributed by atoms with Crippen molar-refractivity contribution in [2.75, 3.05) is 32.7 Å². The Hall–Kier alpha value is -0.0800. The van der Waals surface area contributed by atoms with Crippen molar-refractivity contribution in [3.63, 3.8) is 0 Å². The maximum atomic E-state index is 3.74. The lowest BCUT2D eigenvalue weighted by Gasteiger charge is -2.43. The van der Waals surface area contributed by atoms with Crippen LogP contribution in [0.1, 0.15) is 71.6 Å². The molecule has 0 spiro atoms. The van der Waals surface area contributed by atoms with Crippen molar-refractivity contribution in [1.82, 2.24) is 10.2 Å². The van der Waals surface area contributed by atoms with Crippen LogP contribution in [0.2, 0.25) is 0 Å². The molecule has 0 amide bonds. The first-order valence-electron chi connectivity index (χ1n) is 9.17. The van der Waals surface area contributed by atoms with Crippen molar-refractivity contribution in [2.45, 2.75) is 71.6 Å². The van der Waals surface area contributed by atoms with E-state index >= 15 is 0 Å². The molecule has 1 saturated carbocycles. The highest BCUT2D eigenvalue weighted by molar-refractivity contribution is 4.89. The Kier molecular flexibility index (Phi) is 6.83. The first-order chi connectivity index (χ1) is 9.74. The standard InChI is InChI=1S/C18H36N2/c1-3-12-19-15-18(10-8-17(2)9-11-18)16-20-13-6-4-5-7-14-20/h17,19H,3-16H2,1-2H3. The largest absolute Gasteiger partial charge is 0.316 e. The Morgan fingerprint density at radius 1 is 1.05 bits per heavy atom. The highest BCUT2D eigenvalue weighted by atomic mass is 15.1. The second-order valence-corrected chi connectivity index (χ2v) is 7.55. The van der Waals surface area contributed by atoms with E-state index in [1.807, 2.05) is 0 Å². The van der Waals surface area contributed by atoms with Gasteiger partial charge in [0, 0.05) is 13.1 Å². The summed E-state index contributed by atoms with van der Waals surface area (Å²) in [5.74, 6) is 0.957. The van der Waals surface area contributed by atoms with E-state index in [0.29, 0.717) is 5.41 Å². The molecule has 1 aliphatic carbocycles. The average Bonchev–Trinajstić information content (AvgIpc) is 2.71. The smallest absolute Gasteiger partial charge is 0.00501 e. The number of hydrogen-bond donors (Lipinski definition) is 1. The predicted octanol–water partition coefficient (Wildman–Crippen LogP) is 4.06. The predicted molar refractivity (Wildman–Crippen MR) is 88.1 cm³/mol. The van der Waals surface area contributed by atoms with Gasteiger partial charge in [0.2, 0.25) is 0 Å². The molecule has 1 aliphatic heterocycles. The third-order valence-corrected chi connectivity index (χ3v) is 5.52. The van der Waals surface area contributed by atoms with Crippen LogP contribution in [0.3, 0.4) is 0 Å². The zero-order valence-corrected chi connectivity index (χ0v) is 13.9. The van der Waals surface area contributed by atoms with Crippen molar-refractivity contribution in [2.24, 2.45) is 11.3 Å².